The van der Waals surface area contributed by atoms with E-state index in [0.717, 1.165) is 5.56 Å². The molecule has 2 aromatic carbocycles. The first-order valence-electron chi connectivity index (χ1n) is 9.42. The fourth-order valence-corrected chi connectivity index (χ4v) is 3.06. The van der Waals surface area contributed by atoms with E-state index in [4.69, 9.17) is 4.74 Å². The van der Waals surface area contributed by atoms with Crippen LogP contribution in [0.25, 0.3) is 0 Å². The van der Waals surface area contributed by atoms with Crippen molar-refractivity contribution in [2.45, 2.75) is 39.3 Å². The van der Waals surface area contributed by atoms with Gasteiger partial charge < -0.3 is 20.3 Å². The van der Waals surface area contributed by atoms with Crippen LogP contribution in [0, 0.1) is 6.92 Å². The normalized spacial score (nSPS) is 16.3. The molecule has 1 aliphatic rings. The van der Waals surface area contributed by atoms with Gasteiger partial charge >= 0.3 is 6.09 Å². The quantitative estimate of drug-likeness (QED) is 0.815. The summed E-state index contributed by atoms with van der Waals surface area (Å²) >= 11 is 0. The van der Waals surface area contributed by atoms with Crippen LogP contribution >= 0.6 is 0 Å². The number of fused-ring (bicyclic) bond motifs is 1. The van der Waals surface area contributed by atoms with Gasteiger partial charge in [-0.1, -0.05) is 24.3 Å². The predicted octanol–water partition coefficient (Wildman–Crippen LogP) is 3.49. The van der Waals surface area contributed by atoms with Gasteiger partial charge in [-0.25, -0.2) is 4.79 Å². The Labute approximate surface area is 170 Å². The lowest BCUT2D eigenvalue weighted by Crippen LogP contribution is -2.51. The van der Waals surface area contributed by atoms with Crippen LogP contribution in [0.1, 0.15) is 36.7 Å². The van der Waals surface area contributed by atoms with E-state index in [1.165, 1.54) is 4.90 Å². The summed E-state index contributed by atoms with van der Waals surface area (Å²) in [6.07, 6.45) is -0.716. The van der Waals surface area contributed by atoms with Gasteiger partial charge in [0.25, 0.3) is 5.91 Å². The van der Waals surface area contributed by atoms with Crippen LogP contribution in [-0.4, -0.2) is 36.1 Å². The highest BCUT2D eigenvalue weighted by Crippen LogP contribution is 2.31. The third-order valence-corrected chi connectivity index (χ3v) is 4.34. The van der Waals surface area contributed by atoms with Crippen molar-refractivity contribution in [1.82, 2.24) is 5.32 Å². The van der Waals surface area contributed by atoms with Crippen LogP contribution in [0.2, 0.25) is 0 Å². The lowest BCUT2D eigenvalue weighted by atomic mass is 10.1. The summed E-state index contributed by atoms with van der Waals surface area (Å²) in [5.41, 5.74) is 1.82. The molecule has 152 valence electrons. The van der Waals surface area contributed by atoms with Crippen molar-refractivity contribution in [2.24, 2.45) is 0 Å². The van der Waals surface area contributed by atoms with E-state index in [1.54, 1.807) is 57.2 Å². The lowest BCUT2D eigenvalue weighted by Gasteiger charge is -2.26. The van der Waals surface area contributed by atoms with Gasteiger partial charge in [-0.05, 0) is 57.5 Å². The molecule has 0 radical (unpaired) electrons. The minimum Gasteiger partial charge on any atom is -0.444 e. The molecule has 0 saturated carbocycles. The average Bonchev–Trinajstić information content (AvgIpc) is 2.76. The van der Waals surface area contributed by atoms with Gasteiger partial charge in [-0.3, -0.25) is 9.59 Å². The van der Waals surface area contributed by atoms with Gasteiger partial charge in [0, 0.05) is 5.56 Å². The van der Waals surface area contributed by atoms with E-state index in [1.807, 2.05) is 19.1 Å². The Hall–Kier alpha value is -3.35. The standard InChI is InChI=1S/C22H25N3O4/c1-14-10-11-18-16(12-14)23-19(26)17(24-21(28)29-22(2,3)4)13-25(18)20(27)15-8-6-5-7-9-15/h5-12,17H,13H2,1-4H3,(H,23,26)(H,24,28). The number of carbonyl (C=O) groups excluding carboxylic acids is 3. The number of nitrogens with one attached hydrogen (secondary N) is 2. The Morgan fingerprint density at radius 2 is 1.83 bits per heavy atom. The van der Waals surface area contributed by atoms with Gasteiger partial charge in [0.15, 0.2) is 0 Å². The van der Waals surface area contributed by atoms with Crippen molar-refractivity contribution in [3.05, 3.63) is 59.7 Å². The second kappa shape index (κ2) is 7.95. The van der Waals surface area contributed by atoms with Crippen molar-refractivity contribution in [2.75, 3.05) is 16.8 Å². The molecule has 2 aromatic rings. The first-order chi connectivity index (χ1) is 13.6. The number of anilines is 2. The van der Waals surface area contributed by atoms with Crippen molar-refractivity contribution in [3.63, 3.8) is 0 Å². The third kappa shape index (κ3) is 4.93. The Kier molecular flexibility index (Phi) is 5.59. The fourth-order valence-electron chi connectivity index (χ4n) is 3.06. The molecular formula is C22H25N3O4. The van der Waals surface area contributed by atoms with Crippen LogP contribution in [0.3, 0.4) is 0 Å². The zero-order valence-corrected chi connectivity index (χ0v) is 17.0. The molecule has 7 heteroatoms. The highest BCUT2D eigenvalue weighted by Gasteiger charge is 2.33. The third-order valence-electron chi connectivity index (χ3n) is 4.34. The van der Waals surface area contributed by atoms with Crippen LogP contribution in [0.15, 0.2) is 48.5 Å². The Bertz CT molecular complexity index is 935. The summed E-state index contributed by atoms with van der Waals surface area (Å²) in [6.45, 7) is 7.10. The van der Waals surface area contributed by atoms with Crippen molar-refractivity contribution in [3.8, 4) is 0 Å². The van der Waals surface area contributed by atoms with E-state index in [2.05, 4.69) is 10.6 Å². The topological polar surface area (TPSA) is 87.7 Å². The number of hydrogen-bond donors (Lipinski definition) is 2. The minimum absolute atomic E-state index is 0.0190. The molecule has 0 spiro atoms. The molecule has 1 atom stereocenters. The Balaban J connectivity index is 1.94. The first-order valence-corrected chi connectivity index (χ1v) is 9.42. The Morgan fingerprint density at radius 3 is 2.48 bits per heavy atom. The zero-order valence-electron chi connectivity index (χ0n) is 17.0. The molecular weight excluding hydrogens is 370 g/mol. The van der Waals surface area contributed by atoms with E-state index in [0.29, 0.717) is 16.9 Å². The smallest absolute Gasteiger partial charge is 0.408 e. The summed E-state index contributed by atoms with van der Waals surface area (Å²) < 4.78 is 5.27. The summed E-state index contributed by atoms with van der Waals surface area (Å²) in [6, 6.07) is 13.3. The monoisotopic (exact) mass is 395 g/mol. The average molecular weight is 395 g/mol. The molecule has 0 aliphatic carbocycles. The number of alkyl carbamates (subject to hydrolysis) is 1. The van der Waals surface area contributed by atoms with Crippen LogP contribution < -0.4 is 15.5 Å². The summed E-state index contributed by atoms with van der Waals surface area (Å²) in [7, 11) is 0. The second-order valence-corrected chi connectivity index (χ2v) is 7.99. The van der Waals surface area contributed by atoms with E-state index in [9.17, 15) is 14.4 Å². The van der Waals surface area contributed by atoms with Gasteiger partial charge in [0.2, 0.25) is 5.91 Å². The molecule has 0 aromatic heterocycles. The lowest BCUT2D eigenvalue weighted by molar-refractivity contribution is -0.117. The molecule has 1 unspecified atom stereocenters. The van der Waals surface area contributed by atoms with Crippen molar-refractivity contribution < 1.29 is 19.1 Å². The van der Waals surface area contributed by atoms with Gasteiger partial charge in [-0.2, -0.15) is 0 Å². The molecule has 0 saturated heterocycles. The molecule has 3 amide bonds. The van der Waals surface area contributed by atoms with Crippen LogP contribution in [0.4, 0.5) is 16.2 Å². The number of amides is 3. The Morgan fingerprint density at radius 1 is 1.14 bits per heavy atom. The number of rotatable bonds is 2. The summed E-state index contributed by atoms with van der Waals surface area (Å²) in [5, 5.41) is 5.40. The van der Waals surface area contributed by atoms with Gasteiger partial charge in [0.1, 0.15) is 11.6 Å². The maximum Gasteiger partial charge on any atom is 0.408 e. The number of ether oxygens (including phenoxy) is 1. The van der Waals surface area contributed by atoms with Crippen molar-refractivity contribution in [1.29, 1.82) is 0 Å². The van der Waals surface area contributed by atoms with Crippen molar-refractivity contribution >= 4 is 29.3 Å². The number of benzene rings is 2. The molecule has 29 heavy (non-hydrogen) atoms. The fraction of sp³-hybridized carbons (Fsp3) is 0.318. The van der Waals surface area contributed by atoms with Crippen LogP contribution in [-0.2, 0) is 9.53 Å². The first kappa shape index (κ1) is 20.4. The highest BCUT2D eigenvalue weighted by atomic mass is 16.6. The molecule has 3 rings (SSSR count). The number of nitrogens with zero attached hydrogens (tertiary/aromatic N) is 1. The largest absolute Gasteiger partial charge is 0.444 e. The maximum absolute atomic E-state index is 13.2. The number of aryl methyl sites for hydroxylation is 1. The van der Waals surface area contributed by atoms with Crippen LogP contribution in [0.5, 0.6) is 0 Å². The van der Waals surface area contributed by atoms with Gasteiger partial charge in [-0.15, -0.1) is 0 Å². The summed E-state index contributed by atoms with van der Waals surface area (Å²) in [5.74, 6) is -0.672. The predicted molar refractivity (Wildman–Crippen MR) is 111 cm³/mol. The number of hydrogen-bond acceptors (Lipinski definition) is 4. The molecule has 1 aliphatic heterocycles. The molecule has 1 heterocycles. The maximum atomic E-state index is 13.2. The minimum atomic E-state index is -0.967. The second-order valence-electron chi connectivity index (χ2n) is 7.99. The zero-order chi connectivity index (χ0) is 21.2. The van der Waals surface area contributed by atoms with Gasteiger partial charge in [0.05, 0.1) is 17.9 Å². The molecule has 0 bridgehead atoms. The van der Waals surface area contributed by atoms with E-state index in [-0.39, 0.29) is 12.5 Å². The SMILES string of the molecule is Cc1ccc2c(c1)NC(=O)C(NC(=O)OC(C)(C)C)CN2C(=O)c1ccccc1. The van der Waals surface area contributed by atoms with E-state index >= 15 is 0 Å². The summed E-state index contributed by atoms with van der Waals surface area (Å²) in [4.78, 5) is 39.7. The number of carbonyl (C=O) groups is 3. The highest BCUT2D eigenvalue weighted by molar-refractivity contribution is 6.11. The van der Waals surface area contributed by atoms with E-state index < -0.39 is 23.6 Å². The molecule has 2 N–H and O–H groups in total. The molecule has 7 nitrogen and oxygen atoms in total. The molecule has 0 fully saturated rings.